The molecule has 3 nitrogen and oxygen atoms in total. The molecule has 1 aliphatic rings. The van der Waals surface area contributed by atoms with E-state index in [9.17, 15) is 4.79 Å². The van der Waals surface area contributed by atoms with Crippen molar-refractivity contribution < 1.29 is 0 Å². The third-order valence-corrected chi connectivity index (χ3v) is 3.91. The van der Waals surface area contributed by atoms with Crippen molar-refractivity contribution in [2.24, 2.45) is 0 Å². The lowest BCUT2D eigenvalue weighted by Crippen LogP contribution is -2.22. The number of nitrogens with one attached hydrogen (secondary N) is 2. The van der Waals surface area contributed by atoms with Gasteiger partial charge in [0, 0.05) is 17.0 Å². The van der Waals surface area contributed by atoms with E-state index in [2.05, 4.69) is 35.4 Å². The molecule has 1 aliphatic heterocycles. The first-order valence-electron chi connectivity index (χ1n) is 6.53. The molecule has 2 N–H and O–H groups in total. The van der Waals surface area contributed by atoms with Crippen LogP contribution >= 0.6 is 0 Å². The number of hydrogen-bond acceptors (Lipinski definition) is 2. The van der Waals surface area contributed by atoms with E-state index in [1.807, 2.05) is 6.92 Å². The van der Waals surface area contributed by atoms with E-state index in [1.165, 1.54) is 10.9 Å². The van der Waals surface area contributed by atoms with Crippen LogP contribution in [0.1, 0.15) is 35.6 Å². The van der Waals surface area contributed by atoms with Crippen LogP contribution in [0, 0.1) is 13.8 Å². The molecule has 1 unspecified atom stereocenters. The van der Waals surface area contributed by atoms with E-state index in [4.69, 9.17) is 0 Å². The highest BCUT2D eigenvalue weighted by molar-refractivity contribution is 5.85. The molecular weight excluding hydrogens is 224 g/mol. The summed E-state index contributed by atoms with van der Waals surface area (Å²) in [4.78, 5) is 15.2. The van der Waals surface area contributed by atoms with Gasteiger partial charge in [0.05, 0.1) is 5.52 Å². The second-order valence-corrected chi connectivity index (χ2v) is 5.19. The highest BCUT2D eigenvalue weighted by Gasteiger charge is 2.20. The van der Waals surface area contributed by atoms with Crippen molar-refractivity contribution in [1.82, 2.24) is 10.3 Å². The zero-order chi connectivity index (χ0) is 12.7. The number of benzene rings is 1. The molecular formula is C15H18N2O. The Labute approximate surface area is 106 Å². The summed E-state index contributed by atoms with van der Waals surface area (Å²) in [7, 11) is 0. The van der Waals surface area contributed by atoms with Crippen LogP contribution in [0.25, 0.3) is 10.9 Å². The lowest BCUT2D eigenvalue weighted by Gasteiger charge is -2.12. The molecule has 2 heterocycles. The predicted octanol–water partition coefficient (Wildman–Crippen LogP) is 2.57. The van der Waals surface area contributed by atoms with Crippen LogP contribution in [0.3, 0.4) is 0 Å². The van der Waals surface area contributed by atoms with Gasteiger partial charge in [-0.15, -0.1) is 0 Å². The predicted molar refractivity (Wildman–Crippen MR) is 74.0 cm³/mol. The number of H-pyrrole nitrogens is 1. The molecule has 0 spiro atoms. The Morgan fingerprint density at radius 3 is 2.72 bits per heavy atom. The van der Waals surface area contributed by atoms with Crippen molar-refractivity contribution in [3.63, 3.8) is 0 Å². The molecule has 0 radical (unpaired) electrons. The molecule has 3 rings (SSSR count). The topological polar surface area (TPSA) is 44.9 Å². The van der Waals surface area contributed by atoms with E-state index in [0.29, 0.717) is 0 Å². The highest BCUT2D eigenvalue weighted by Crippen LogP contribution is 2.25. The number of pyridine rings is 1. The quantitative estimate of drug-likeness (QED) is 0.807. The summed E-state index contributed by atoms with van der Waals surface area (Å²) in [6.07, 6.45) is 2.20. The van der Waals surface area contributed by atoms with Crippen LogP contribution in [0.5, 0.6) is 0 Å². The van der Waals surface area contributed by atoms with Crippen molar-refractivity contribution in [3.05, 3.63) is 45.2 Å². The summed E-state index contributed by atoms with van der Waals surface area (Å²) >= 11 is 0. The lowest BCUT2D eigenvalue weighted by molar-refractivity contribution is 0.641. The van der Waals surface area contributed by atoms with Gasteiger partial charge >= 0.3 is 0 Å². The summed E-state index contributed by atoms with van der Waals surface area (Å²) in [5.41, 5.74) is 4.25. The van der Waals surface area contributed by atoms with E-state index in [0.717, 1.165) is 36.0 Å². The second kappa shape index (κ2) is 4.25. The Morgan fingerprint density at radius 2 is 2.00 bits per heavy atom. The van der Waals surface area contributed by atoms with Crippen molar-refractivity contribution in [2.75, 3.05) is 6.54 Å². The van der Waals surface area contributed by atoms with Gasteiger partial charge < -0.3 is 10.3 Å². The molecule has 1 fully saturated rings. The summed E-state index contributed by atoms with van der Waals surface area (Å²) < 4.78 is 0. The van der Waals surface area contributed by atoms with Crippen LogP contribution in [0.4, 0.5) is 0 Å². The number of aromatic amines is 1. The molecule has 0 amide bonds. The van der Waals surface area contributed by atoms with Gasteiger partial charge in [0.15, 0.2) is 0 Å². The summed E-state index contributed by atoms with van der Waals surface area (Å²) in [6.45, 7) is 5.13. The van der Waals surface area contributed by atoms with Gasteiger partial charge in [0.2, 0.25) is 0 Å². The van der Waals surface area contributed by atoms with Crippen LogP contribution in [-0.2, 0) is 0 Å². The Bertz CT molecular complexity index is 651. The number of rotatable bonds is 1. The number of aromatic nitrogens is 1. The third-order valence-electron chi connectivity index (χ3n) is 3.91. The van der Waals surface area contributed by atoms with Crippen molar-refractivity contribution in [2.45, 2.75) is 32.7 Å². The van der Waals surface area contributed by atoms with E-state index < -0.39 is 0 Å². The van der Waals surface area contributed by atoms with Crippen LogP contribution in [0.15, 0.2) is 23.0 Å². The fourth-order valence-electron chi connectivity index (χ4n) is 2.80. The largest absolute Gasteiger partial charge is 0.321 e. The molecule has 2 aromatic rings. The Kier molecular flexibility index (Phi) is 2.71. The first kappa shape index (κ1) is 11.5. The van der Waals surface area contributed by atoms with Crippen molar-refractivity contribution in [1.29, 1.82) is 0 Å². The summed E-state index contributed by atoms with van der Waals surface area (Å²) in [5.74, 6) is 0. The summed E-state index contributed by atoms with van der Waals surface area (Å²) in [5, 5.41) is 4.56. The molecule has 94 valence electrons. The molecule has 18 heavy (non-hydrogen) atoms. The van der Waals surface area contributed by atoms with E-state index in [1.54, 1.807) is 0 Å². The van der Waals surface area contributed by atoms with Gasteiger partial charge in [0.25, 0.3) is 5.56 Å². The first-order valence-corrected chi connectivity index (χ1v) is 6.53. The Balaban J connectivity index is 2.26. The molecule has 1 aromatic carbocycles. The Morgan fingerprint density at radius 1 is 1.22 bits per heavy atom. The zero-order valence-electron chi connectivity index (χ0n) is 10.8. The minimum absolute atomic E-state index is 0.0515. The lowest BCUT2D eigenvalue weighted by atomic mass is 10.0. The van der Waals surface area contributed by atoms with Gasteiger partial charge in [-0.1, -0.05) is 12.1 Å². The number of fused-ring (bicyclic) bond motifs is 1. The van der Waals surface area contributed by atoms with Gasteiger partial charge in [-0.25, -0.2) is 0 Å². The molecule has 0 bridgehead atoms. The monoisotopic (exact) mass is 242 g/mol. The maximum atomic E-state index is 12.2. The van der Waals surface area contributed by atoms with Crippen molar-refractivity contribution >= 4 is 10.9 Å². The van der Waals surface area contributed by atoms with Gasteiger partial charge in [-0.05, 0) is 50.4 Å². The molecule has 1 atom stereocenters. The second-order valence-electron chi connectivity index (χ2n) is 5.19. The third kappa shape index (κ3) is 1.75. The van der Waals surface area contributed by atoms with Crippen LogP contribution < -0.4 is 10.9 Å². The fraction of sp³-hybridized carbons (Fsp3) is 0.400. The molecule has 3 heteroatoms. The average molecular weight is 242 g/mol. The number of aryl methyl sites for hydroxylation is 2. The normalized spacial score (nSPS) is 19.6. The van der Waals surface area contributed by atoms with E-state index >= 15 is 0 Å². The minimum atomic E-state index is 0.0515. The van der Waals surface area contributed by atoms with Gasteiger partial charge in [0.1, 0.15) is 0 Å². The zero-order valence-corrected chi connectivity index (χ0v) is 10.8. The minimum Gasteiger partial charge on any atom is -0.321 e. The Hall–Kier alpha value is -1.61. The summed E-state index contributed by atoms with van der Waals surface area (Å²) in [6, 6.07) is 6.46. The maximum Gasteiger partial charge on any atom is 0.253 e. The van der Waals surface area contributed by atoms with Crippen LogP contribution in [0.2, 0.25) is 0 Å². The van der Waals surface area contributed by atoms with Gasteiger partial charge in [-0.2, -0.15) is 0 Å². The molecule has 0 saturated carbocycles. The first-order chi connectivity index (χ1) is 8.66. The van der Waals surface area contributed by atoms with Crippen molar-refractivity contribution in [3.8, 4) is 0 Å². The van der Waals surface area contributed by atoms with Gasteiger partial charge in [-0.3, -0.25) is 4.79 Å². The van der Waals surface area contributed by atoms with E-state index in [-0.39, 0.29) is 11.6 Å². The number of hydrogen-bond donors (Lipinski definition) is 2. The molecule has 0 aliphatic carbocycles. The molecule has 1 aromatic heterocycles. The molecule has 1 saturated heterocycles. The smallest absolute Gasteiger partial charge is 0.253 e. The average Bonchev–Trinajstić information content (AvgIpc) is 2.87. The fourth-order valence-corrected chi connectivity index (χ4v) is 2.80. The highest BCUT2D eigenvalue weighted by atomic mass is 16.1. The van der Waals surface area contributed by atoms with Crippen LogP contribution in [-0.4, -0.2) is 11.5 Å². The SMILES string of the molecule is Cc1ccc(C)c2[nH]c(=O)c(C3CCCN3)cc12. The standard InChI is InChI=1S/C15H18N2O/c1-9-5-6-10(2)14-11(9)8-12(15(18)17-14)13-4-3-7-16-13/h5-6,8,13,16H,3-4,7H2,1-2H3,(H,17,18). The maximum absolute atomic E-state index is 12.2.